The summed E-state index contributed by atoms with van der Waals surface area (Å²) >= 11 is 6.15. The van der Waals surface area contributed by atoms with Crippen LogP contribution < -0.4 is 5.32 Å². The first-order valence-electron chi connectivity index (χ1n) is 8.75. The first-order chi connectivity index (χ1) is 13.5. The number of fused-ring (bicyclic) bond motifs is 1. The Kier molecular flexibility index (Phi) is 4.79. The maximum Gasteiger partial charge on any atom is 0.253 e. The molecule has 2 aromatic heterocycles. The van der Waals surface area contributed by atoms with Crippen molar-refractivity contribution in [3.05, 3.63) is 76.3 Å². The fourth-order valence-electron chi connectivity index (χ4n) is 3.00. The number of aromatic nitrogens is 3. The zero-order valence-electron chi connectivity index (χ0n) is 15.4. The van der Waals surface area contributed by atoms with Gasteiger partial charge in [0.25, 0.3) is 5.91 Å². The number of pyridine rings is 1. The first-order valence-corrected chi connectivity index (χ1v) is 9.13. The van der Waals surface area contributed by atoms with Gasteiger partial charge in [0.1, 0.15) is 0 Å². The number of rotatable bonds is 4. The topological polar surface area (TPSA) is 80.9 Å². The number of carbonyl (C=O) groups is 1. The molecule has 0 aliphatic carbocycles. The molecule has 28 heavy (non-hydrogen) atoms. The van der Waals surface area contributed by atoms with Gasteiger partial charge in [-0.25, -0.2) is 0 Å². The highest BCUT2D eigenvalue weighted by atomic mass is 35.5. The maximum atomic E-state index is 12.6. The lowest BCUT2D eigenvalue weighted by atomic mass is 10.1. The van der Waals surface area contributed by atoms with Gasteiger partial charge in [-0.15, -0.1) is 0 Å². The van der Waals surface area contributed by atoms with E-state index in [-0.39, 0.29) is 12.5 Å². The van der Waals surface area contributed by atoms with Crippen molar-refractivity contribution in [2.24, 2.45) is 0 Å². The summed E-state index contributed by atoms with van der Waals surface area (Å²) in [4.78, 5) is 21.5. The van der Waals surface area contributed by atoms with Gasteiger partial charge in [0.2, 0.25) is 11.7 Å². The van der Waals surface area contributed by atoms with E-state index in [4.69, 9.17) is 16.1 Å². The van der Waals surface area contributed by atoms with E-state index < -0.39 is 0 Å². The number of nitrogens with zero attached hydrogens (tertiary/aromatic N) is 3. The molecule has 4 aromatic rings. The highest BCUT2D eigenvalue weighted by Gasteiger charge is 2.15. The molecule has 0 saturated carbocycles. The Bertz CT molecular complexity index is 1190. The van der Waals surface area contributed by atoms with Gasteiger partial charge in [0.05, 0.1) is 28.3 Å². The second-order valence-electron chi connectivity index (χ2n) is 6.44. The molecule has 0 unspecified atom stereocenters. The van der Waals surface area contributed by atoms with E-state index in [0.29, 0.717) is 33.6 Å². The van der Waals surface area contributed by atoms with Crippen molar-refractivity contribution in [2.75, 3.05) is 0 Å². The van der Waals surface area contributed by atoms with Crippen molar-refractivity contribution in [3.8, 4) is 11.4 Å². The van der Waals surface area contributed by atoms with Crippen LogP contribution in [0.15, 0.2) is 53.1 Å². The number of halogens is 1. The number of aryl methyl sites for hydroxylation is 2. The molecule has 0 aliphatic heterocycles. The molecule has 2 aromatic carbocycles. The Labute approximate surface area is 166 Å². The SMILES string of the molecule is Cc1nc2c(C)cccc2cc1C(=O)NCc1nc(-c2ccccc2Cl)no1. The van der Waals surface area contributed by atoms with Gasteiger partial charge in [-0.3, -0.25) is 9.78 Å². The van der Waals surface area contributed by atoms with Gasteiger partial charge >= 0.3 is 0 Å². The summed E-state index contributed by atoms with van der Waals surface area (Å²) < 4.78 is 5.23. The number of nitrogens with one attached hydrogen (secondary N) is 1. The lowest BCUT2D eigenvalue weighted by molar-refractivity contribution is 0.0945. The lowest BCUT2D eigenvalue weighted by Gasteiger charge is -2.08. The zero-order valence-corrected chi connectivity index (χ0v) is 16.1. The lowest BCUT2D eigenvalue weighted by Crippen LogP contribution is -2.24. The van der Waals surface area contributed by atoms with Crippen molar-refractivity contribution >= 4 is 28.4 Å². The average Bonchev–Trinajstić information content (AvgIpc) is 3.15. The van der Waals surface area contributed by atoms with Crippen molar-refractivity contribution in [3.63, 3.8) is 0 Å². The quantitative estimate of drug-likeness (QED) is 0.553. The molecule has 0 spiro atoms. The van der Waals surface area contributed by atoms with E-state index in [2.05, 4.69) is 20.4 Å². The summed E-state index contributed by atoms with van der Waals surface area (Å²) in [5, 5.41) is 8.20. The van der Waals surface area contributed by atoms with Crippen molar-refractivity contribution in [1.29, 1.82) is 0 Å². The average molecular weight is 393 g/mol. The Balaban J connectivity index is 1.52. The standard InChI is InChI=1S/C21H17ClN4O2/c1-12-6-5-7-14-10-16(13(2)24-19(12)14)21(27)23-11-18-25-20(26-28-18)15-8-3-4-9-17(15)22/h3-10H,11H2,1-2H3,(H,23,27). The number of carbonyl (C=O) groups excluding carboxylic acids is 1. The number of amides is 1. The Morgan fingerprint density at radius 3 is 2.75 bits per heavy atom. The fraction of sp³-hybridized carbons (Fsp3) is 0.143. The van der Waals surface area contributed by atoms with Crippen molar-refractivity contribution in [1.82, 2.24) is 20.4 Å². The van der Waals surface area contributed by atoms with Crippen LogP contribution in [0.5, 0.6) is 0 Å². The van der Waals surface area contributed by atoms with Crippen LogP contribution in [0.4, 0.5) is 0 Å². The molecule has 0 aliphatic rings. The third-order valence-electron chi connectivity index (χ3n) is 4.47. The van der Waals surface area contributed by atoms with Crippen LogP contribution in [-0.4, -0.2) is 21.0 Å². The summed E-state index contributed by atoms with van der Waals surface area (Å²) in [6, 6.07) is 15.0. The molecular formula is C21H17ClN4O2. The zero-order chi connectivity index (χ0) is 19.7. The predicted octanol–water partition coefficient (Wildman–Crippen LogP) is 4.49. The van der Waals surface area contributed by atoms with Gasteiger partial charge in [-0.2, -0.15) is 4.98 Å². The second kappa shape index (κ2) is 7.40. The molecule has 2 heterocycles. The molecule has 6 nitrogen and oxygen atoms in total. The summed E-state index contributed by atoms with van der Waals surface area (Å²) in [6.45, 7) is 3.94. The molecule has 0 radical (unpaired) electrons. The molecule has 0 saturated heterocycles. The molecule has 0 fully saturated rings. The van der Waals surface area contributed by atoms with Crippen molar-refractivity contribution in [2.45, 2.75) is 20.4 Å². The molecule has 7 heteroatoms. The number of hydrogen-bond acceptors (Lipinski definition) is 5. The molecule has 140 valence electrons. The minimum Gasteiger partial charge on any atom is -0.343 e. The summed E-state index contributed by atoms with van der Waals surface area (Å²) in [5.74, 6) is 0.435. The van der Waals surface area contributed by atoms with Crippen LogP contribution in [0.25, 0.3) is 22.3 Å². The Hall–Kier alpha value is -3.25. The van der Waals surface area contributed by atoms with Gasteiger partial charge in [0.15, 0.2) is 0 Å². The van der Waals surface area contributed by atoms with E-state index in [9.17, 15) is 4.79 Å². The molecule has 1 N–H and O–H groups in total. The van der Waals surface area contributed by atoms with Crippen LogP contribution in [-0.2, 0) is 6.54 Å². The number of hydrogen-bond donors (Lipinski definition) is 1. The predicted molar refractivity (Wildman–Crippen MR) is 107 cm³/mol. The Morgan fingerprint density at radius 2 is 1.93 bits per heavy atom. The van der Waals surface area contributed by atoms with Crippen LogP contribution in [0.1, 0.15) is 27.5 Å². The molecule has 0 bridgehead atoms. The van der Waals surface area contributed by atoms with E-state index in [0.717, 1.165) is 16.5 Å². The normalized spacial score (nSPS) is 11.0. The first kappa shape index (κ1) is 18.1. The van der Waals surface area contributed by atoms with Gasteiger partial charge in [-0.05, 0) is 37.6 Å². The molecule has 1 amide bonds. The molecular weight excluding hydrogens is 376 g/mol. The summed E-state index contributed by atoms with van der Waals surface area (Å²) in [5.41, 5.74) is 3.84. The van der Waals surface area contributed by atoms with E-state index in [1.807, 2.05) is 56.3 Å². The van der Waals surface area contributed by atoms with Crippen LogP contribution in [0.3, 0.4) is 0 Å². The maximum absolute atomic E-state index is 12.6. The van der Waals surface area contributed by atoms with Crippen LogP contribution >= 0.6 is 11.6 Å². The highest BCUT2D eigenvalue weighted by molar-refractivity contribution is 6.33. The summed E-state index contributed by atoms with van der Waals surface area (Å²) in [7, 11) is 0. The smallest absolute Gasteiger partial charge is 0.253 e. The van der Waals surface area contributed by atoms with Gasteiger partial charge in [-0.1, -0.05) is 47.1 Å². The third kappa shape index (κ3) is 3.46. The minimum atomic E-state index is -0.245. The van der Waals surface area contributed by atoms with Gasteiger partial charge < -0.3 is 9.84 Å². The fourth-order valence-corrected chi connectivity index (χ4v) is 3.22. The number of para-hydroxylation sites is 1. The van der Waals surface area contributed by atoms with E-state index in [1.54, 1.807) is 6.07 Å². The number of benzene rings is 2. The van der Waals surface area contributed by atoms with E-state index >= 15 is 0 Å². The summed E-state index contributed by atoms with van der Waals surface area (Å²) in [6.07, 6.45) is 0. The van der Waals surface area contributed by atoms with Crippen LogP contribution in [0.2, 0.25) is 5.02 Å². The van der Waals surface area contributed by atoms with E-state index in [1.165, 1.54) is 0 Å². The molecule has 4 rings (SSSR count). The second-order valence-corrected chi connectivity index (χ2v) is 6.85. The van der Waals surface area contributed by atoms with Crippen LogP contribution in [0, 0.1) is 13.8 Å². The monoisotopic (exact) mass is 392 g/mol. The van der Waals surface area contributed by atoms with Gasteiger partial charge in [0, 0.05) is 10.9 Å². The Morgan fingerprint density at radius 1 is 1.11 bits per heavy atom. The molecule has 0 atom stereocenters. The van der Waals surface area contributed by atoms with Crippen molar-refractivity contribution < 1.29 is 9.32 Å². The largest absolute Gasteiger partial charge is 0.343 e. The minimum absolute atomic E-state index is 0.113. The third-order valence-corrected chi connectivity index (χ3v) is 4.80. The highest BCUT2D eigenvalue weighted by Crippen LogP contribution is 2.25.